The van der Waals surface area contributed by atoms with Crippen LogP contribution in [0.15, 0.2) is 35.2 Å². The summed E-state index contributed by atoms with van der Waals surface area (Å²) in [6.07, 6.45) is 1.96. The van der Waals surface area contributed by atoms with E-state index in [1.807, 2.05) is 30.3 Å². The molecular weight excluding hydrogens is 338 g/mol. The summed E-state index contributed by atoms with van der Waals surface area (Å²) < 4.78 is 34.4. The van der Waals surface area contributed by atoms with Crippen molar-refractivity contribution in [1.29, 1.82) is 0 Å². The van der Waals surface area contributed by atoms with Crippen LogP contribution in [0.5, 0.6) is 0 Å². The first-order chi connectivity index (χ1) is 12.0. The van der Waals surface area contributed by atoms with Gasteiger partial charge in [-0.1, -0.05) is 30.3 Å². The maximum Gasteiger partial charge on any atom is 0.246 e. The normalized spacial score (nSPS) is 25.2. The van der Waals surface area contributed by atoms with Gasteiger partial charge in [-0.3, -0.25) is 5.10 Å². The number of nitrogens with zero attached hydrogens (tertiary/aromatic N) is 2. The van der Waals surface area contributed by atoms with Crippen LogP contribution in [0.3, 0.4) is 0 Å². The highest BCUT2D eigenvalue weighted by atomic mass is 32.2. The number of morpholine rings is 1. The highest BCUT2D eigenvalue weighted by molar-refractivity contribution is 7.89. The summed E-state index contributed by atoms with van der Waals surface area (Å²) in [6.45, 7) is 4.23. The number of ether oxygens (including phenoxy) is 1. The van der Waals surface area contributed by atoms with Crippen molar-refractivity contribution in [3.05, 3.63) is 47.3 Å². The number of benzene rings is 1. The lowest BCUT2D eigenvalue weighted by Crippen LogP contribution is -2.47. The second kappa shape index (κ2) is 6.23. The van der Waals surface area contributed by atoms with Crippen LogP contribution in [-0.4, -0.2) is 42.1 Å². The van der Waals surface area contributed by atoms with Gasteiger partial charge in [0.25, 0.3) is 0 Å². The Morgan fingerprint density at radius 1 is 1.16 bits per heavy atom. The van der Waals surface area contributed by atoms with Crippen molar-refractivity contribution < 1.29 is 13.2 Å². The molecular formula is C18H23N3O3S. The summed E-state index contributed by atoms with van der Waals surface area (Å²) >= 11 is 0. The number of aromatic nitrogens is 2. The summed E-state index contributed by atoms with van der Waals surface area (Å²) in [5, 5.41) is 6.84. The molecule has 1 saturated heterocycles. The first-order valence-electron chi connectivity index (χ1n) is 8.69. The first-order valence-corrected chi connectivity index (χ1v) is 10.1. The predicted molar refractivity (Wildman–Crippen MR) is 93.6 cm³/mol. The molecule has 1 aliphatic heterocycles. The van der Waals surface area contributed by atoms with E-state index in [0.717, 1.165) is 18.4 Å². The predicted octanol–water partition coefficient (Wildman–Crippen LogP) is 2.57. The molecule has 4 rings (SSSR count). The molecule has 1 aromatic heterocycles. The maximum absolute atomic E-state index is 13.3. The third kappa shape index (κ3) is 3.12. The Kier molecular flexibility index (Phi) is 4.17. The Morgan fingerprint density at radius 3 is 2.48 bits per heavy atom. The van der Waals surface area contributed by atoms with Crippen molar-refractivity contribution in [2.75, 3.05) is 13.1 Å². The number of H-pyrrole nitrogens is 1. The molecule has 6 nitrogen and oxygen atoms in total. The minimum absolute atomic E-state index is 0.0405. The minimum Gasteiger partial charge on any atom is -0.367 e. The zero-order valence-electron chi connectivity index (χ0n) is 14.5. The number of hydrogen-bond acceptors (Lipinski definition) is 4. The van der Waals surface area contributed by atoms with Crippen molar-refractivity contribution in [2.45, 2.75) is 43.8 Å². The average Bonchev–Trinajstić information content (AvgIpc) is 3.40. The van der Waals surface area contributed by atoms with Gasteiger partial charge < -0.3 is 4.74 Å². The Balaban J connectivity index is 1.68. The van der Waals surface area contributed by atoms with Crippen LogP contribution in [0.25, 0.3) is 0 Å². The van der Waals surface area contributed by atoms with Crippen molar-refractivity contribution >= 4 is 10.0 Å². The second-order valence-corrected chi connectivity index (χ2v) is 8.87. The largest absolute Gasteiger partial charge is 0.367 e. The van der Waals surface area contributed by atoms with Gasteiger partial charge in [-0.05, 0) is 38.2 Å². The van der Waals surface area contributed by atoms with E-state index < -0.39 is 10.0 Å². The molecule has 0 bridgehead atoms. The summed E-state index contributed by atoms with van der Waals surface area (Å²) in [5.41, 5.74) is 2.13. The Morgan fingerprint density at radius 2 is 1.88 bits per heavy atom. The van der Waals surface area contributed by atoms with Crippen molar-refractivity contribution in [1.82, 2.24) is 14.5 Å². The van der Waals surface area contributed by atoms with Crippen LogP contribution in [0.4, 0.5) is 0 Å². The van der Waals surface area contributed by atoms with Crippen molar-refractivity contribution in [3.63, 3.8) is 0 Å². The molecule has 2 heterocycles. The molecule has 2 aliphatic rings. The molecule has 0 amide bonds. The van der Waals surface area contributed by atoms with Crippen LogP contribution in [0.2, 0.25) is 0 Å². The molecule has 0 spiro atoms. The van der Waals surface area contributed by atoms with E-state index in [1.165, 1.54) is 0 Å². The zero-order valence-corrected chi connectivity index (χ0v) is 15.3. The number of sulfonamides is 1. The molecule has 7 heteroatoms. The second-order valence-electron chi connectivity index (χ2n) is 7.00. The van der Waals surface area contributed by atoms with Gasteiger partial charge in [-0.2, -0.15) is 9.40 Å². The lowest BCUT2D eigenvalue weighted by Gasteiger charge is -2.37. The van der Waals surface area contributed by atoms with E-state index >= 15 is 0 Å². The Bertz CT molecular complexity index is 839. The maximum atomic E-state index is 13.3. The fourth-order valence-corrected chi connectivity index (χ4v) is 5.37. The highest BCUT2D eigenvalue weighted by Crippen LogP contribution is 2.40. The lowest BCUT2D eigenvalue weighted by atomic mass is 10.1. The van der Waals surface area contributed by atoms with Crippen LogP contribution in [0.1, 0.15) is 35.9 Å². The smallest absolute Gasteiger partial charge is 0.246 e. The Hall–Kier alpha value is -1.70. The number of hydrogen-bond donors (Lipinski definition) is 1. The summed E-state index contributed by atoms with van der Waals surface area (Å²) in [6, 6.07) is 9.88. The van der Waals surface area contributed by atoms with E-state index in [9.17, 15) is 8.42 Å². The van der Waals surface area contributed by atoms with Gasteiger partial charge in [-0.25, -0.2) is 8.42 Å². The molecule has 2 atom stereocenters. The van der Waals surface area contributed by atoms with Crippen molar-refractivity contribution in [3.8, 4) is 0 Å². The molecule has 0 unspecified atom stereocenters. The lowest BCUT2D eigenvalue weighted by molar-refractivity contribution is -0.0747. The van der Waals surface area contributed by atoms with Gasteiger partial charge >= 0.3 is 0 Å². The number of aromatic amines is 1. The van der Waals surface area contributed by atoms with Gasteiger partial charge in [0.05, 0.1) is 23.6 Å². The highest BCUT2D eigenvalue weighted by Gasteiger charge is 2.43. The number of rotatable bonds is 4. The summed E-state index contributed by atoms with van der Waals surface area (Å²) in [7, 11) is -3.60. The van der Waals surface area contributed by atoms with Crippen LogP contribution >= 0.6 is 0 Å². The van der Waals surface area contributed by atoms with E-state index in [2.05, 4.69) is 10.2 Å². The monoisotopic (exact) mass is 361 g/mol. The van der Waals surface area contributed by atoms with E-state index in [1.54, 1.807) is 18.2 Å². The van der Waals surface area contributed by atoms with Gasteiger partial charge in [-0.15, -0.1) is 0 Å². The minimum atomic E-state index is -3.60. The van der Waals surface area contributed by atoms with Gasteiger partial charge in [0.1, 0.15) is 4.90 Å². The summed E-state index contributed by atoms with van der Waals surface area (Å²) in [5.74, 6) is 0.468. The van der Waals surface area contributed by atoms with Gasteiger partial charge in [0.2, 0.25) is 10.0 Å². The molecule has 25 heavy (non-hydrogen) atoms. The van der Waals surface area contributed by atoms with Crippen LogP contribution in [-0.2, 0) is 14.8 Å². The molecule has 2 aromatic rings. The third-order valence-electron chi connectivity index (χ3n) is 5.07. The summed E-state index contributed by atoms with van der Waals surface area (Å²) in [4.78, 5) is 0.302. The quantitative estimate of drug-likeness (QED) is 0.908. The molecule has 134 valence electrons. The standard InChI is InChI=1S/C18H23N3O3S/c1-12-18(13(2)20-19-12)25(22,23)21-10-16(14-6-4-3-5-7-14)24-17(11-21)15-8-9-15/h3-7,15-17H,8-11H2,1-2H3,(H,19,20)/t16-,17+/m0/s1. The number of aryl methyl sites for hydroxylation is 2. The topological polar surface area (TPSA) is 75.3 Å². The Labute approximate surface area is 148 Å². The average molecular weight is 361 g/mol. The van der Waals surface area contributed by atoms with E-state index in [-0.39, 0.29) is 12.2 Å². The van der Waals surface area contributed by atoms with E-state index in [0.29, 0.717) is 35.3 Å². The third-order valence-corrected chi connectivity index (χ3v) is 7.17. The van der Waals surface area contributed by atoms with Crippen molar-refractivity contribution in [2.24, 2.45) is 5.92 Å². The first kappa shape index (κ1) is 16.8. The molecule has 2 fully saturated rings. The van der Waals surface area contributed by atoms with Crippen LogP contribution in [0, 0.1) is 19.8 Å². The molecule has 1 aromatic carbocycles. The molecule has 1 aliphatic carbocycles. The molecule has 1 saturated carbocycles. The fourth-order valence-electron chi connectivity index (χ4n) is 3.58. The van der Waals surface area contributed by atoms with Crippen LogP contribution < -0.4 is 0 Å². The fraction of sp³-hybridized carbons (Fsp3) is 0.500. The van der Waals surface area contributed by atoms with E-state index in [4.69, 9.17) is 4.74 Å². The SMILES string of the molecule is Cc1n[nH]c(C)c1S(=O)(=O)N1C[C@@H](c2ccccc2)O[C@@H](C2CC2)C1. The number of nitrogens with one attached hydrogen (secondary N) is 1. The molecule has 1 N–H and O–H groups in total. The van der Waals surface area contributed by atoms with Gasteiger partial charge in [0.15, 0.2) is 0 Å². The zero-order chi connectivity index (χ0) is 17.6. The molecule has 0 radical (unpaired) electrons. The van der Waals surface area contributed by atoms with Gasteiger partial charge in [0, 0.05) is 13.1 Å².